The van der Waals surface area contributed by atoms with Crippen LogP contribution in [0.4, 0.5) is 5.69 Å². The van der Waals surface area contributed by atoms with Crippen molar-refractivity contribution in [1.29, 1.82) is 0 Å². The lowest BCUT2D eigenvalue weighted by atomic mass is 10.3. The zero-order valence-electron chi connectivity index (χ0n) is 6.68. The van der Waals surface area contributed by atoms with Crippen LogP contribution in [0.3, 0.4) is 0 Å². The molecule has 0 unspecified atom stereocenters. The number of halogens is 2. The summed E-state index contributed by atoms with van der Waals surface area (Å²) in [4.78, 5) is 10.9. The smallest absolute Gasteiger partial charge is 0.247 e. The van der Waals surface area contributed by atoms with Gasteiger partial charge in [0.05, 0.1) is 0 Å². The molecular weight excluding hydrogens is 253 g/mol. The van der Waals surface area contributed by atoms with E-state index >= 15 is 0 Å². The minimum absolute atomic E-state index is 0.255. The largest absolute Gasteiger partial charge is 0.322 e. The van der Waals surface area contributed by atoms with E-state index in [1.165, 1.54) is 6.08 Å². The van der Waals surface area contributed by atoms with Crippen LogP contribution < -0.4 is 5.32 Å². The van der Waals surface area contributed by atoms with Gasteiger partial charge in [0, 0.05) is 15.2 Å². The Hall–Kier alpha value is -0.800. The SMILES string of the molecule is C=CC(=O)Nc1cc(Cl)cc(Br)c1. The molecule has 0 bridgehead atoms. The molecule has 2 nitrogen and oxygen atoms in total. The highest BCUT2D eigenvalue weighted by atomic mass is 79.9. The highest BCUT2D eigenvalue weighted by Crippen LogP contribution is 2.22. The fourth-order valence-corrected chi connectivity index (χ4v) is 1.68. The van der Waals surface area contributed by atoms with Gasteiger partial charge in [-0.1, -0.05) is 34.1 Å². The Labute approximate surface area is 89.7 Å². The van der Waals surface area contributed by atoms with Crippen LogP contribution >= 0.6 is 27.5 Å². The molecule has 1 aromatic rings. The number of hydrogen-bond acceptors (Lipinski definition) is 1. The molecule has 68 valence electrons. The van der Waals surface area contributed by atoms with Crippen molar-refractivity contribution in [3.63, 3.8) is 0 Å². The fourth-order valence-electron chi connectivity index (χ4n) is 0.819. The van der Waals surface area contributed by atoms with Gasteiger partial charge in [-0.05, 0) is 24.3 Å². The molecule has 0 saturated heterocycles. The molecule has 0 spiro atoms. The number of rotatable bonds is 2. The van der Waals surface area contributed by atoms with E-state index in [0.717, 1.165) is 4.47 Å². The van der Waals surface area contributed by atoms with Crippen molar-refractivity contribution < 1.29 is 4.79 Å². The Bertz CT molecular complexity index is 331. The third kappa shape index (κ3) is 3.20. The summed E-state index contributed by atoms with van der Waals surface area (Å²) in [5.41, 5.74) is 0.643. The molecule has 0 atom stereocenters. The van der Waals surface area contributed by atoms with Gasteiger partial charge in [-0.2, -0.15) is 0 Å². The molecule has 0 fully saturated rings. The lowest BCUT2D eigenvalue weighted by molar-refractivity contribution is -0.111. The molecule has 0 aliphatic rings. The second-order valence-corrected chi connectivity index (χ2v) is 3.70. The molecule has 1 N–H and O–H groups in total. The highest BCUT2D eigenvalue weighted by molar-refractivity contribution is 9.10. The van der Waals surface area contributed by atoms with Crippen LogP contribution in [0, 0.1) is 0 Å². The number of anilines is 1. The summed E-state index contributed by atoms with van der Waals surface area (Å²) in [7, 11) is 0. The van der Waals surface area contributed by atoms with Crippen LogP contribution in [-0.4, -0.2) is 5.91 Å². The van der Waals surface area contributed by atoms with E-state index in [2.05, 4.69) is 27.8 Å². The predicted molar refractivity (Wildman–Crippen MR) is 58.0 cm³/mol. The molecule has 13 heavy (non-hydrogen) atoms. The number of benzene rings is 1. The van der Waals surface area contributed by atoms with Gasteiger partial charge < -0.3 is 5.32 Å². The first-order chi connectivity index (χ1) is 6.11. The van der Waals surface area contributed by atoms with Gasteiger partial charge in [0.2, 0.25) is 5.91 Å². The van der Waals surface area contributed by atoms with E-state index < -0.39 is 0 Å². The minimum atomic E-state index is -0.255. The lowest BCUT2D eigenvalue weighted by Crippen LogP contribution is -2.06. The van der Waals surface area contributed by atoms with Crippen molar-refractivity contribution in [3.8, 4) is 0 Å². The Balaban J connectivity index is 2.89. The van der Waals surface area contributed by atoms with E-state index in [4.69, 9.17) is 11.6 Å². The summed E-state index contributed by atoms with van der Waals surface area (Å²) in [6.07, 6.45) is 1.20. The molecule has 0 aromatic heterocycles. The van der Waals surface area contributed by atoms with Gasteiger partial charge in [0.15, 0.2) is 0 Å². The van der Waals surface area contributed by atoms with Gasteiger partial charge in [0.25, 0.3) is 0 Å². The molecule has 0 aliphatic carbocycles. The molecule has 0 saturated carbocycles. The number of nitrogens with one attached hydrogen (secondary N) is 1. The summed E-state index contributed by atoms with van der Waals surface area (Å²) in [5.74, 6) is -0.255. The zero-order chi connectivity index (χ0) is 9.84. The van der Waals surface area contributed by atoms with Crippen molar-refractivity contribution >= 4 is 39.1 Å². The summed E-state index contributed by atoms with van der Waals surface area (Å²) >= 11 is 9.03. The third-order valence-corrected chi connectivity index (χ3v) is 1.99. The first-order valence-electron chi connectivity index (χ1n) is 3.51. The van der Waals surface area contributed by atoms with Crippen LogP contribution in [-0.2, 0) is 4.79 Å². The van der Waals surface area contributed by atoms with E-state index in [1.54, 1.807) is 18.2 Å². The van der Waals surface area contributed by atoms with Gasteiger partial charge >= 0.3 is 0 Å². The average Bonchev–Trinajstić information content (AvgIpc) is 2.02. The molecule has 4 heteroatoms. The van der Waals surface area contributed by atoms with Crippen molar-refractivity contribution in [2.75, 3.05) is 5.32 Å². The Kier molecular flexibility index (Phi) is 3.51. The monoisotopic (exact) mass is 259 g/mol. The van der Waals surface area contributed by atoms with E-state index in [9.17, 15) is 4.79 Å². The maximum atomic E-state index is 10.9. The van der Waals surface area contributed by atoms with Gasteiger partial charge in [0.1, 0.15) is 0 Å². The Morgan fingerprint density at radius 1 is 1.54 bits per heavy atom. The average molecular weight is 261 g/mol. The lowest BCUT2D eigenvalue weighted by Gasteiger charge is -2.02. The highest BCUT2D eigenvalue weighted by Gasteiger charge is 1.99. The maximum absolute atomic E-state index is 10.9. The number of carbonyl (C=O) groups is 1. The quantitative estimate of drug-likeness (QED) is 0.813. The third-order valence-electron chi connectivity index (χ3n) is 1.32. The van der Waals surface area contributed by atoms with Crippen LogP contribution in [0.15, 0.2) is 35.3 Å². The molecular formula is C9H7BrClNO. The summed E-state index contributed by atoms with van der Waals surface area (Å²) < 4.78 is 0.819. The standard InChI is InChI=1S/C9H7BrClNO/c1-2-9(13)12-8-4-6(10)3-7(11)5-8/h2-5H,1H2,(H,12,13). The van der Waals surface area contributed by atoms with Crippen LogP contribution in [0.1, 0.15) is 0 Å². The summed E-state index contributed by atoms with van der Waals surface area (Å²) in [6, 6.07) is 5.16. The number of carbonyl (C=O) groups excluding carboxylic acids is 1. The van der Waals surface area contributed by atoms with Gasteiger partial charge in [-0.3, -0.25) is 4.79 Å². The van der Waals surface area contributed by atoms with Crippen LogP contribution in [0.5, 0.6) is 0 Å². The van der Waals surface area contributed by atoms with E-state index in [0.29, 0.717) is 10.7 Å². The molecule has 0 aliphatic heterocycles. The second-order valence-electron chi connectivity index (χ2n) is 2.35. The first kappa shape index (κ1) is 10.3. The van der Waals surface area contributed by atoms with Crippen molar-refractivity contribution in [1.82, 2.24) is 0 Å². The summed E-state index contributed by atoms with van der Waals surface area (Å²) in [6.45, 7) is 3.34. The molecule has 1 amide bonds. The van der Waals surface area contributed by atoms with Crippen LogP contribution in [0.2, 0.25) is 5.02 Å². The van der Waals surface area contributed by atoms with Crippen molar-refractivity contribution in [2.24, 2.45) is 0 Å². The van der Waals surface area contributed by atoms with Crippen LogP contribution in [0.25, 0.3) is 0 Å². The van der Waals surface area contributed by atoms with Gasteiger partial charge in [-0.25, -0.2) is 0 Å². The van der Waals surface area contributed by atoms with E-state index in [1.807, 2.05) is 0 Å². The molecule has 0 radical (unpaired) electrons. The van der Waals surface area contributed by atoms with Crippen molar-refractivity contribution in [2.45, 2.75) is 0 Å². The molecule has 1 aromatic carbocycles. The van der Waals surface area contributed by atoms with Gasteiger partial charge in [-0.15, -0.1) is 0 Å². The summed E-state index contributed by atoms with van der Waals surface area (Å²) in [5, 5.41) is 3.17. The van der Waals surface area contributed by atoms with E-state index in [-0.39, 0.29) is 5.91 Å². The first-order valence-corrected chi connectivity index (χ1v) is 4.68. The molecule has 0 heterocycles. The maximum Gasteiger partial charge on any atom is 0.247 e. The zero-order valence-corrected chi connectivity index (χ0v) is 9.02. The fraction of sp³-hybridized carbons (Fsp3) is 0. The number of amides is 1. The Morgan fingerprint density at radius 3 is 2.77 bits per heavy atom. The predicted octanol–water partition coefficient (Wildman–Crippen LogP) is 3.23. The minimum Gasteiger partial charge on any atom is -0.322 e. The second kappa shape index (κ2) is 4.44. The number of hydrogen-bond donors (Lipinski definition) is 1. The normalized spacial score (nSPS) is 9.38. The topological polar surface area (TPSA) is 29.1 Å². The molecule has 1 rings (SSSR count). The van der Waals surface area contributed by atoms with Crippen molar-refractivity contribution in [3.05, 3.63) is 40.3 Å². The Morgan fingerprint density at radius 2 is 2.23 bits per heavy atom.